The fourth-order valence-corrected chi connectivity index (χ4v) is 13.8. The summed E-state index contributed by atoms with van der Waals surface area (Å²) in [6, 6.07) is 2.35. The minimum absolute atomic E-state index is 0.00267. The Morgan fingerprint density at radius 2 is 1.64 bits per heavy atom. The highest BCUT2D eigenvalue weighted by Crippen LogP contribution is 2.47. The van der Waals surface area contributed by atoms with Crippen LogP contribution in [0.2, 0.25) is 0 Å². The highest BCUT2D eigenvalue weighted by Gasteiger charge is 2.60. The van der Waals surface area contributed by atoms with E-state index >= 15 is 0 Å². The van der Waals surface area contributed by atoms with Gasteiger partial charge >= 0.3 is 5.97 Å². The van der Waals surface area contributed by atoms with Gasteiger partial charge < -0.3 is 78.6 Å². The predicted octanol–water partition coefficient (Wildman–Crippen LogP) is 8.25. The lowest BCUT2D eigenvalue weighted by Crippen LogP contribution is -2.59. The molecule has 88 heavy (non-hydrogen) atoms. The van der Waals surface area contributed by atoms with Gasteiger partial charge in [0.15, 0.2) is 18.4 Å². The molecule has 1 aliphatic carbocycles. The van der Waals surface area contributed by atoms with Gasteiger partial charge in [-0.25, -0.2) is 0 Å². The van der Waals surface area contributed by atoms with Crippen molar-refractivity contribution >= 4 is 52.0 Å². The zero-order valence-corrected chi connectivity index (χ0v) is 54.4. The molecule has 1 aromatic rings. The number of carbonyl (C=O) groups is 4. The normalized spacial score (nSPS) is 37.7. The second-order valence-electron chi connectivity index (χ2n) is 24.7. The van der Waals surface area contributed by atoms with Crippen molar-refractivity contribution in [1.82, 2.24) is 16.0 Å². The van der Waals surface area contributed by atoms with E-state index in [0.29, 0.717) is 62.6 Å². The Morgan fingerprint density at radius 3 is 2.38 bits per heavy atom. The van der Waals surface area contributed by atoms with Crippen LogP contribution in [0, 0.1) is 27.2 Å². The molecule has 2 bridgehead atoms. The Bertz CT molecular complexity index is 2850. The molecule has 6 aliphatic heterocycles. The summed E-state index contributed by atoms with van der Waals surface area (Å²) in [5.41, 5.74) is 8.98. The maximum Gasteiger partial charge on any atom is 0.316 e. The highest BCUT2D eigenvalue weighted by molar-refractivity contribution is 14.1. The van der Waals surface area contributed by atoms with Crippen LogP contribution in [-0.2, 0) is 61.8 Å². The Hall–Kier alpha value is -4.80. The van der Waals surface area contributed by atoms with Gasteiger partial charge in [0.05, 0.1) is 70.2 Å². The molecule has 6 heterocycles. The number of allylic oxidation sites excluding steroid dienone is 2. The van der Waals surface area contributed by atoms with Crippen molar-refractivity contribution in [3.8, 4) is 5.75 Å². The lowest BCUT2D eigenvalue weighted by molar-refractivity contribution is -0.311. The number of fused-ring (bicyclic) bond motifs is 2. The van der Waals surface area contributed by atoms with E-state index in [9.17, 15) is 34.5 Å². The van der Waals surface area contributed by atoms with Gasteiger partial charge in [-0.05, 0) is 110 Å². The van der Waals surface area contributed by atoms with Crippen molar-refractivity contribution in [2.45, 2.75) is 223 Å². The lowest BCUT2D eigenvalue weighted by Gasteiger charge is -2.48. The number of halogens is 1. The van der Waals surface area contributed by atoms with Crippen LogP contribution in [0.15, 0.2) is 76.5 Å². The molecule has 7 aliphatic rings. The molecule has 1 aromatic carbocycles. The van der Waals surface area contributed by atoms with Gasteiger partial charge in [-0.1, -0.05) is 88.2 Å². The molecule has 20 atom stereocenters. The number of nitrogens with one attached hydrogen (secondary N) is 3. The zero-order valence-electron chi connectivity index (χ0n) is 52.3. The number of aliphatic hydroxyl groups excluding tert-OH is 1. The number of benzene rings is 1. The number of ether oxygens (including phenoxy) is 10. The molecule has 0 radical (unpaired) electrons. The van der Waals surface area contributed by atoms with Gasteiger partial charge in [0, 0.05) is 82.6 Å². The van der Waals surface area contributed by atoms with Crippen molar-refractivity contribution in [3.05, 3.63) is 91.0 Å². The van der Waals surface area contributed by atoms with Crippen molar-refractivity contribution in [2.75, 3.05) is 33.9 Å². The summed E-state index contributed by atoms with van der Waals surface area (Å²) in [7, 11) is 3.20. The van der Waals surface area contributed by atoms with E-state index < -0.39 is 109 Å². The van der Waals surface area contributed by atoms with Crippen LogP contribution in [0.5, 0.6) is 5.75 Å². The third-order valence-corrected chi connectivity index (χ3v) is 19.5. The first kappa shape index (κ1) is 69.1. The van der Waals surface area contributed by atoms with Gasteiger partial charge in [-0.15, -0.1) is 0 Å². The Kier molecular flexibility index (Phi) is 24.3. The SMILES string of the molecule is CCC(C)[C@H]1O[C@]2(C=C[C@@H]1C)C[C@@H]1C[C@@H](C/C=C(/C)[C@@H](O[C@H]3C[C@H](OC)[C@@H](O[C@H]4C[C@H](OC)[C@@H](NC(=O)CCNC(=O)CCCCCNC(=O)c5ccc(N=[N+]=[N-])c([125I])c5O)[C@H](C)O4)[C@H](C)O3)[C@@H](C)/C=C/C=C3\CO[C@@H]4[C@H](O)C(C)=C[C@@H](C(=O)O1)[C@]34O)O2. The summed E-state index contributed by atoms with van der Waals surface area (Å²) in [5, 5.41) is 46.4. The summed E-state index contributed by atoms with van der Waals surface area (Å²) in [4.78, 5) is 55.7. The number of hydrogen-bond acceptors (Lipinski definition) is 18. The molecule has 24 heteroatoms. The molecule has 1 unspecified atom stereocenters. The summed E-state index contributed by atoms with van der Waals surface area (Å²) >= 11 is 1.81. The average molecular weight is 1340 g/mol. The molecule has 1 spiro atoms. The van der Waals surface area contributed by atoms with Crippen LogP contribution in [0.3, 0.4) is 0 Å². The molecule has 3 amide bonds. The van der Waals surface area contributed by atoms with E-state index in [-0.39, 0.29) is 88.7 Å². The molecule has 0 aromatic heterocycles. The second-order valence-corrected chi connectivity index (χ2v) is 25.8. The fraction of sp³-hybridized carbons (Fsp3) is 0.688. The van der Waals surface area contributed by atoms with Crippen molar-refractivity contribution in [2.24, 2.45) is 28.8 Å². The summed E-state index contributed by atoms with van der Waals surface area (Å²) in [6.07, 6.45) is 10.2. The number of hydrogen-bond donors (Lipinski definition) is 6. The number of aliphatic hydroxyl groups is 2. The van der Waals surface area contributed by atoms with E-state index in [0.717, 1.165) is 12.0 Å². The van der Waals surface area contributed by atoms with Gasteiger partial charge in [-0.3, -0.25) is 19.2 Å². The van der Waals surface area contributed by atoms with E-state index in [4.69, 9.17) is 52.9 Å². The largest absolute Gasteiger partial charge is 0.506 e. The first-order valence-electron chi connectivity index (χ1n) is 31.1. The Morgan fingerprint density at radius 1 is 0.898 bits per heavy atom. The highest BCUT2D eigenvalue weighted by atomic mass is 125. The summed E-state index contributed by atoms with van der Waals surface area (Å²) in [5.74, 6) is -4.00. The number of carbonyl (C=O) groups excluding carboxylic acids is 4. The standard InChI is InChI=1S/C64H91IN6O17/c1-11-34(2)58-37(5)23-25-63(88-58)32-43-29-42(87-63)20-19-36(4)57(35(3)16-15-17-41-33-81-60-55(74)38(6)28-45(62(77)84-43)64(41,60)78)85-52-31-48(80-10)59(40(8)83-52)86-51-30-47(79-9)54(39(7)82-51)69-50(73)24-27-67-49(72)18-13-12-14-26-68-61(76)44-21-22-46(70-71-66)53(65)56(44)75/h15-17,19,21-23,25,28,34-35,37,39-40,42-43,45,47-48,51-52,54-55,57-60,74-75,78H,11-14,18,20,24,26-27,29-33H2,1-10H3,(H,67,72)(H,68,76)(H,69,73)/b16-15+,36-19-,41-17+/t34?,35-,37-,39-,40-,42+,43-,45-,47-,48-,51-,52-,54-,55+,57-,58+,59-,60+,63+,64+/m0/s1/i65-2. The number of rotatable bonds is 20. The van der Waals surface area contributed by atoms with Crippen LogP contribution in [0.4, 0.5) is 5.69 Å². The third-order valence-electron chi connectivity index (χ3n) is 18.4. The van der Waals surface area contributed by atoms with Crippen LogP contribution < -0.4 is 16.0 Å². The van der Waals surface area contributed by atoms with E-state index in [2.05, 4.69) is 58.9 Å². The Balaban J connectivity index is 0.857. The predicted molar refractivity (Wildman–Crippen MR) is 331 cm³/mol. The second kappa shape index (κ2) is 31.0. The molecule has 23 nitrogen and oxygen atoms in total. The van der Waals surface area contributed by atoms with Crippen LogP contribution in [0.25, 0.3) is 10.4 Å². The Labute approximate surface area is 529 Å². The van der Waals surface area contributed by atoms with E-state index in [1.807, 2.05) is 68.5 Å². The number of unbranched alkanes of at least 4 members (excludes halogenated alkanes) is 2. The molecule has 0 saturated carbocycles. The van der Waals surface area contributed by atoms with Crippen molar-refractivity contribution in [3.63, 3.8) is 0 Å². The summed E-state index contributed by atoms with van der Waals surface area (Å²) in [6.45, 7) is 16.4. The smallest absolute Gasteiger partial charge is 0.316 e. The number of esters is 1. The number of nitrogens with zero attached hydrogens (tertiary/aromatic N) is 3. The number of phenols is 1. The maximum atomic E-state index is 14.5. The van der Waals surface area contributed by atoms with Crippen LogP contribution >= 0.6 is 22.6 Å². The van der Waals surface area contributed by atoms with Crippen molar-refractivity contribution in [1.29, 1.82) is 0 Å². The van der Waals surface area contributed by atoms with Crippen LogP contribution in [-0.4, -0.2) is 170 Å². The first-order chi connectivity index (χ1) is 42.0. The maximum absolute atomic E-state index is 14.5. The minimum Gasteiger partial charge on any atom is -0.506 e. The molecular formula is C64H91IN6O17. The van der Waals surface area contributed by atoms with E-state index in [1.165, 1.54) is 12.1 Å². The molecule has 4 fully saturated rings. The average Bonchev–Trinajstić information content (AvgIpc) is 2.19. The molecule has 4 saturated heterocycles. The van der Waals surface area contributed by atoms with Crippen LogP contribution in [0.1, 0.15) is 136 Å². The third kappa shape index (κ3) is 16.3. The molecule has 8 rings (SSSR count). The number of amides is 3. The van der Waals surface area contributed by atoms with Gasteiger partial charge in [0.2, 0.25) is 11.8 Å². The lowest BCUT2D eigenvalue weighted by atomic mass is 9.71. The number of azide groups is 1. The molecule has 486 valence electrons. The van der Waals surface area contributed by atoms with Gasteiger partial charge in [-0.2, -0.15) is 0 Å². The quantitative estimate of drug-likeness (QED) is 0.0136. The van der Waals surface area contributed by atoms with E-state index in [1.54, 1.807) is 33.3 Å². The monoisotopic (exact) mass is 1340 g/mol. The topological polar surface area (TPSA) is 306 Å². The molecule has 6 N–H and O–H groups in total. The summed E-state index contributed by atoms with van der Waals surface area (Å²) < 4.78 is 65.4. The number of phenolic OH excluding ortho intramolecular Hbond substituents is 1. The first-order valence-corrected chi connectivity index (χ1v) is 32.2. The van der Waals surface area contributed by atoms with Gasteiger partial charge in [0.1, 0.15) is 41.7 Å². The van der Waals surface area contributed by atoms with Gasteiger partial charge in [0.25, 0.3) is 5.91 Å². The number of aromatic hydroxyl groups is 1. The molecular weight excluding hydrogens is 1250 g/mol. The minimum atomic E-state index is -1.88. The number of methoxy groups -OCH3 is 2. The van der Waals surface area contributed by atoms with Crippen molar-refractivity contribution < 1.29 is 81.9 Å². The fourth-order valence-electron chi connectivity index (χ4n) is 13.2. The zero-order chi connectivity index (χ0) is 63.6.